The molecule has 0 saturated carbocycles. The molecule has 60 valence electrons. The molecule has 0 aromatic carbocycles. The lowest BCUT2D eigenvalue weighted by Gasteiger charge is -1.95. The quantitative estimate of drug-likeness (QED) is 0.599. The van der Waals surface area contributed by atoms with Gasteiger partial charge < -0.3 is 11.1 Å². The lowest BCUT2D eigenvalue weighted by molar-refractivity contribution is 0.731. The summed E-state index contributed by atoms with van der Waals surface area (Å²) in [6.07, 6.45) is 0. The molecule has 2 nitrogen and oxygen atoms in total. The van der Waals surface area contributed by atoms with Gasteiger partial charge in [0.25, 0.3) is 0 Å². The Morgan fingerprint density at radius 2 is 1.78 bits per heavy atom. The van der Waals surface area contributed by atoms with Crippen molar-refractivity contribution in [1.29, 1.82) is 0 Å². The summed E-state index contributed by atoms with van der Waals surface area (Å²) in [6.45, 7) is 2.66. The van der Waals surface area contributed by atoms with Gasteiger partial charge >= 0.3 is 0 Å². The number of halogens is 3. The first kappa shape index (κ1) is 16.8. The van der Waals surface area contributed by atoms with Crippen LogP contribution in [0.15, 0.2) is 0 Å². The van der Waals surface area contributed by atoms with Gasteiger partial charge in [0.1, 0.15) is 0 Å². The van der Waals surface area contributed by atoms with Crippen molar-refractivity contribution < 1.29 is 0 Å². The molecule has 3 N–H and O–H groups in total. The summed E-state index contributed by atoms with van der Waals surface area (Å²) in [5, 5.41) is 4.12. The highest BCUT2D eigenvalue weighted by Gasteiger charge is 1.77. The summed E-state index contributed by atoms with van der Waals surface area (Å²) in [5.74, 6) is 0. The van der Waals surface area contributed by atoms with Crippen molar-refractivity contribution in [2.45, 2.75) is 0 Å². The van der Waals surface area contributed by atoms with Crippen molar-refractivity contribution in [3.05, 3.63) is 0 Å². The minimum absolute atomic E-state index is 0. The Morgan fingerprint density at radius 1 is 1.22 bits per heavy atom. The van der Waals surface area contributed by atoms with Gasteiger partial charge in [-0.15, -0.1) is 34.0 Å². The Balaban J connectivity index is -0.000000180. The van der Waals surface area contributed by atoms with Crippen LogP contribution in [0.1, 0.15) is 0 Å². The summed E-state index contributed by atoms with van der Waals surface area (Å²) in [4.78, 5) is 0. The van der Waals surface area contributed by atoms with Crippen molar-refractivity contribution in [1.82, 2.24) is 5.32 Å². The van der Waals surface area contributed by atoms with Crippen LogP contribution in [0.2, 0.25) is 0 Å². The van der Waals surface area contributed by atoms with E-state index in [0.29, 0.717) is 0 Å². The highest BCUT2D eigenvalue weighted by molar-refractivity contribution is 9.09. The second-order valence-electron chi connectivity index (χ2n) is 1.23. The van der Waals surface area contributed by atoms with E-state index in [1.807, 2.05) is 0 Å². The van der Waals surface area contributed by atoms with Crippen LogP contribution >= 0.6 is 49.9 Å². The third-order valence-corrected chi connectivity index (χ3v) is 0.989. The Bertz CT molecular complexity index is 33.0. The topological polar surface area (TPSA) is 38.0 Å². The molecule has 0 aliphatic rings. The molecule has 9 heavy (non-hydrogen) atoms. The first-order valence-electron chi connectivity index (χ1n) is 2.38. The SMILES string of the molecule is Br.Br.NCCNCCBr. The zero-order chi connectivity index (χ0) is 5.54. The van der Waals surface area contributed by atoms with Crippen LogP contribution in [-0.2, 0) is 0 Å². The molecule has 0 heterocycles. The van der Waals surface area contributed by atoms with Crippen molar-refractivity contribution in [3.63, 3.8) is 0 Å². The molecule has 0 aromatic rings. The Kier molecular flexibility index (Phi) is 30.1. The molecule has 0 amide bonds. The van der Waals surface area contributed by atoms with Crippen molar-refractivity contribution in [2.75, 3.05) is 25.0 Å². The van der Waals surface area contributed by atoms with Crippen molar-refractivity contribution >= 4 is 49.9 Å². The fourth-order valence-corrected chi connectivity index (χ4v) is 0.574. The second kappa shape index (κ2) is 16.2. The van der Waals surface area contributed by atoms with E-state index in [1.54, 1.807) is 0 Å². The molecular formula is C4H13Br3N2. The standard InChI is InChI=1S/C4H11BrN2.2BrH/c5-1-3-7-4-2-6;;/h7H,1-4,6H2;2*1H. The lowest BCUT2D eigenvalue weighted by atomic mass is 10.6. The third kappa shape index (κ3) is 17.6. The predicted octanol–water partition coefficient (Wildman–Crippen LogP) is 1.09. The van der Waals surface area contributed by atoms with E-state index in [9.17, 15) is 0 Å². The summed E-state index contributed by atoms with van der Waals surface area (Å²) < 4.78 is 0. The average molecular weight is 329 g/mol. The van der Waals surface area contributed by atoms with Gasteiger partial charge in [0.05, 0.1) is 0 Å². The molecule has 0 spiro atoms. The van der Waals surface area contributed by atoms with Gasteiger partial charge in [-0.05, 0) is 0 Å². The van der Waals surface area contributed by atoms with Gasteiger partial charge in [-0.1, -0.05) is 15.9 Å². The zero-order valence-electron chi connectivity index (χ0n) is 5.10. The van der Waals surface area contributed by atoms with Gasteiger partial charge in [-0.2, -0.15) is 0 Å². The van der Waals surface area contributed by atoms with Gasteiger partial charge in [0.15, 0.2) is 0 Å². The highest BCUT2D eigenvalue weighted by atomic mass is 79.9. The second-order valence-corrected chi connectivity index (χ2v) is 2.02. The van der Waals surface area contributed by atoms with Gasteiger partial charge in [0.2, 0.25) is 0 Å². The molecule has 0 unspecified atom stereocenters. The number of alkyl halides is 1. The number of hydrogen-bond acceptors (Lipinski definition) is 2. The average Bonchev–Trinajstić information content (AvgIpc) is 1.69. The molecule has 0 atom stereocenters. The Morgan fingerprint density at radius 3 is 2.11 bits per heavy atom. The van der Waals surface area contributed by atoms with Crippen LogP contribution in [0.4, 0.5) is 0 Å². The fourth-order valence-electron chi connectivity index (χ4n) is 0.294. The fraction of sp³-hybridized carbons (Fsp3) is 1.00. The molecule has 0 saturated heterocycles. The smallest absolute Gasteiger partial charge is 0.0157 e. The van der Waals surface area contributed by atoms with Crippen LogP contribution in [-0.4, -0.2) is 25.0 Å². The molecule has 0 rings (SSSR count). The van der Waals surface area contributed by atoms with Crippen LogP contribution in [0, 0.1) is 0 Å². The maximum absolute atomic E-state index is 5.19. The van der Waals surface area contributed by atoms with Crippen molar-refractivity contribution in [3.8, 4) is 0 Å². The van der Waals surface area contributed by atoms with E-state index in [1.165, 1.54) is 0 Å². The highest BCUT2D eigenvalue weighted by Crippen LogP contribution is 1.72. The molecule has 0 aliphatic heterocycles. The molecule has 0 bridgehead atoms. The molecule has 0 aliphatic carbocycles. The minimum Gasteiger partial charge on any atom is -0.329 e. The van der Waals surface area contributed by atoms with Gasteiger partial charge in [-0.3, -0.25) is 0 Å². The zero-order valence-corrected chi connectivity index (χ0v) is 10.1. The van der Waals surface area contributed by atoms with E-state index < -0.39 is 0 Å². The molecule has 0 aromatic heterocycles. The Hall–Kier alpha value is 1.36. The third-order valence-electron chi connectivity index (χ3n) is 0.592. The number of hydrogen-bond donors (Lipinski definition) is 2. The summed E-state index contributed by atoms with van der Waals surface area (Å²) in [7, 11) is 0. The summed E-state index contributed by atoms with van der Waals surface area (Å²) in [6, 6.07) is 0. The Labute approximate surface area is 85.6 Å². The number of nitrogens with two attached hydrogens (primary N) is 1. The molecule has 0 fully saturated rings. The number of rotatable bonds is 4. The molecule has 5 heteroatoms. The number of nitrogens with one attached hydrogen (secondary N) is 1. The molecular weight excluding hydrogens is 316 g/mol. The van der Waals surface area contributed by atoms with E-state index in [2.05, 4.69) is 21.2 Å². The summed E-state index contributed by atoms with van der Waals surface area (Å²) in [5.41, 5.74) is 5.19. The normalized spacial score (nSPS) is 7.33. The van der Waals surface area contributed by atoms with E-state index in [-0.39, 0.29) is 34.0 Å². The molecule has 0 radical (unpaired) electrons. The van der Waals surface area contributed by atoms with E-state index >= 15 is 0 Å². The first-order chi connectivity index (χ1) is 3.41. The summed E-state index contributed by atoms with van der Waals surface area (Å²) >= 11 is 3.28. The minimum atomic E-state index is 0. The lowest BCUT2D eigenvalue weighted by Crippen LogP contribution is -2.23. The van der Waals surface area contributed by atoms with Gasteiger partial charge in [-0.25, -0.2) is 0 Å². The first-order valence-corrected chi connectivity index (χ1v) is 3.50. The van der Waals surface area contributed by atoms with Crippen LogP contribution in [0.25, 0.3) is 0 Å². The largest absolute Gasteiger partial charge is 0.329 e. The van der Waals surface area contributed by atoms with Crippen LogP contribution < -0.4 is 11.1 Å². The monoisotopic (exact) mass is 326 g/mol. The maximum Gasteiger partial charge on any atom is 0.0157 e. The van der Waals surface area contributed by atoms with Crippen LogP contribution in [0.3, 0.4) is 0 Å². The van der Waals surface area contributed by atoms with Gasteiger partial charge in [0, 0.05) is 25.0 Å². The predicted molar refractivity (Wildman–Crippen MR) is 56.4 cm³/mol. The van der Waals surface area contributed by atoms with E-state index in [0.717, 1.165) is 25.0 Å². The van der Waals surface area contributed by atoms with E-state index in [4.69, 9.17) is 5.73 Å². The van der Waals surface area contributed by atoms with Crippen LogP contribution in [0.5, 0.6) is 0 Å². The van der Waals surface area contributed by atoms with Crippen molar-refractivity contribution in [2.24, 2.45) is 5.73 Å². The maximum atomic E-state index is 5.19.